The van der Waals surface area contributed by atoms with E-state index in [4.69, 9.17) is 4.74 Å². The Morgan fingerprint density at radius 3 is 2.21 bits per heavy atom. The molecule has 1 amide bonds. The average Bonchev–Trinajstić information content (AvgIpc) is 2.42. The Kier molecular flexibility index (Phi) is 4.34. The highest BCUT2D eigenvalue weighted by Gasteiger charge is 2.25. The lowest BCUT2D eigenvalue weighted by atomic mass is 10.1. The largest absolute Gasteiger partial charge is 0.444 e. The number of ether oxygens (including phenoxy) is 1. The van der Waals surface area contributed by atoms with Crippen LogP contribution >= 0.6 is 15.9 Å². The molecule has 1 rings (SSSR count). The molecule has 0 fully saturated rings. The molecular weight excluding hydrogens is 310 g/mol. The first-order valence-corrected chi connectivity index (χ1v) is 6.97. The first-order valence-electron chi connectivity index (χ1n) is 6.17. The predicted octanol–water partition coefficient (Wildman–Crippen LogP) is 4.06. The second-order valence-electron chi connectivity index (χ2n) is 6.46. The van der Waals surface area contributed by atoms with E-state index in [9.17, 15) is 4.79 Å². The Bertz CT molecular complexity index is 481. The summed E-state index contributed by atoms with van der Waals surface area (Å²) < 4.78 is 7.81. The first kappa shape index (κ1) is 16.0. The minimum absolute atomic E-state index is 0.235. The summed E-state index contributed by atoms with van der Waals surface area (Å²) in [6, 6.07) is 0. The Morgan fingerprint density at radius 1 is 1.26 bits per heavy atom. The van der Waals surface area contributed by atoms with Gasteiger partial charge in [-0.25, -0.2) is 9.48 Å². The molecule has 1 aromatic heterocycles. The van der Waals surface area contributed by atoms with Crippen LogP contribution in [0.3, 0.4) is 0 Å². The maximum absolute atomic E-state index is 11.9. The van der Waals surface area contributed by atoms with Crippen LogP contribution in [-0.4, -0.2) is 21.5 Å². The van der Waals surface area contributed by atoms with Crippen molar-refractivity contribution in [1.82, 2.24) is 9.78 Å². The maximum Gasteiger partial charge on any atom is 0.413 e. The summed E-state index contributed by atoms with van der Waals surface area (Å²) in [5.74, 6) is 0.610. The molecule has 6 heteroatoms. The number of amides is 1. The van der Waals surface area contributed by atoms with E-state index in [0.717, 1.165) is 10.2 Å². The Balaban J connectivity index is 3.04. The normalized spacial score (nSPS) is 12.4. The smallest absolute Gasteiger partial charge is 0.413 e. The van der Waals surface area contributed by atoms with Gasteiger partial charge in [-0.05, 0) is 64.4 Å². The van der Waals surface area contributed by atoms with Gasteiger partial charge in [0.2, 0.25) is 0 Å². The van der Waals surface area contributed by atoms with Crippen molar-refractivity contribution in [2.24, 2.45) is 0 Å². The summed E-state index contributed by atoms with van der Waals surface area (Å²) in [7, 11) is 0. The van der Waals surface area contributed by atoms with Gasteiger partial charge in [0, 0.05) is 0 Å². The van der Waals surface area contributed by atoms with Crippen LogP contribution in [0.5, 0.6) is 0 Å². The van der Waals surface area contributed by atoms with Crippen LogP contribution in [0.1, 0.15) is 47.2 Å². The summed E-state index contributed by atoms with van der Waals surface area (Å²) in [6.45, 7) is 13.4. The second-order valence-corrected chi connectivity index (χ2v) is 7.25. The van der Waals surface area contributed by atoms with Crippen LogP contribution < -0.4 is 5.32 Å². The van der Waals surface area contributed by atoms with Crippen molar-refractivity contribution in [3.63, 3.8) is 0 Å². The van der Waals surface area contributed by atoms with Crippen LogP contribution in [0.4, 0.5) is 10.6 Å². The number of rotatable bonds is 1. The van der Waals surface area contributed by atoms with Gasteiger partial charge in [0.15, 0.2) is 0 Å². The zero-order valence-corrected chi connectivity index (χ0v) is 14.2. The Morgan fingerprint density at radius 2 is 1.79 bits per heavy atom. The third-order valence-corrected chi connectivity index (χ3v) is 3.19. The van der Waals surface area contributed by atoms with Crippen molar-refractivity contribution in [3.8, 4) is 0 Å². The van der Waals surface area contributed by atoms with E-state index in [2.05, 4.69) is 26.3 Å². The van der Waals surface area contributed by atoms with Crippen molar-refractivity contribution >= 4 is 27.8 Å². The van der Waals surface area contributed by atoms with Crippen LogP contribution in [0, 0.1) is 6.92 Å². The van der Waals surface area contributed by atoms with Crippen molar-refractivity contribution in [3.05, 3.63) is 10.2 Å². The van der Waals surface area contributed by atoms with Gasteiger partial charge >= 0.3 is 6.09 Å². The lowest BCUT2D eigenvalue weighted by Gasteiger charge is -2.24. The van der Waals surface area contributed by atoms with Crippen LogP contribution in [-0.2, 0) is 10.3 Å². The highest BCUT2D eigenvalue weighted by Crippen LogP contribution is 2.31. The fraction of sp³-hybridized carbons (Fsp3) is 0.692. The predicted molar refractivity (Wildman–Crippen MR) is 79.5 cm³/mol. The minimum Gasteiger partial charge on any atom is -0.444 e. The number of nitrogens with one attached hydrogen (secondary N) is 1. The van der Waals surface area contributed by atoms with E-state index in [0.29, 0.717) is 5.82 Å². The summed E-state index contributed by atoms with van der Waals surface area (Å²) in [6.07, 6.45) is -0.487. The standard InChI is InChI=1S/C13H22BrN3O2/c1-8-9(14)10(17(16-8)12(2,3)4)15-11(18)19-13(5,6)7/h1-7H3,(H,15,18). The van der Waals surface area contributed by atoms with Gasteiger partial charge in [-0.15, -0.1) is 0 Å². The molecule has 0 saturated heterocycles. The van der Waals surface area contributed by atoms with E-state index in [1.165, 1.54) is 0 Å². The number of carbonyl (C=O) groups is 1. The lowest BCUT2D eigenvalue weighted by molar-refractivity contribution is 0.0633. The van der Waals surface area contributed by atoms with Gasteiger partial charge < -0.3 is 4.74 Å². The number of hydrogen-bond donors (Lipinski definition) is 1. The zero-order valence-electron chi connectivity index (χ0n) is 12.6. The number of carbonyl (C=O) groups excluding carboxylic acids is 1. The number of anilines is 1. The van der Waals surface area contributed by atoms with E-state index in [1.807, 2.05) is 48.5 Å². The van der Waals surface area contributed by atoms with Crippen LogP contribution in [0.15, 0.2) is 4.47 Å². The molecular formula is C13H22BrN3O2. The number of hydrogen-bond acceptors (Lipinski definition) is 3. The maximum atomic E-state index is 11.9. The fourth-order valence-corrected chi connectivity index (χ4v) is 1.85. The van der Waals surface area contributed by atoms with E-state index in [1.54, 1.807) is 4.68 Å². The third-order valence-electron chi connectivity index (χ3n) is 2.24. The molecule has 0 spiro atoms. The number of aryl methyl sites for hydroxylation is 1. The summed E-state index contributed by atoms with van der Waals surface area (Å²) >= 11 is 3.45. The summed E-state index contributed by atoms with van der Waals surface area (Å²) in [4.78, 5) is 11.9. The number of halogens is 1. The lowest BCUT2D eigenvalue weighted by Crippen LogP contribution is -2.30. The second kappa shape index (κ2) is 5.15. The van der Waals surface area contributed by atoms with Gasteiger partial charge in [-0.1, -0.05) is 0 Å². The molecule has 0 aliphatic heterocycles. The highest BCUT2D eigenvalue weighted by atomic mass is 79.9. The topological polar surface area (TPSA) is 56.2 Å². The molecule has 0 saturated carbocycles. The molecule has 1 heterocycles. The van der Waals surface area contributed by atoms with Crippen molar-refractivity contribution < 1.29 is 9.53 Å². The minimum atomic E-state index is -0.530. The Hall–Kier alpha value is -1.04. The Labute approximate surface area is 122 Å². The summed E-state index contributed by atoms with van der Waals surface area (Å²) in [5.41, 5.74) is 0.0558. The monoisotopic (exact) mass is 331 g/mol. The van der Waals surface area contributed by atoms with Crippen LogP contribution in [0.25, 0.3) is 0 Å². The van der Waals surface area contributed by atoms with E-state index in [-0.39, 0.29) is 5.54 Å². The van der Waals surface area contributed by atoms with Crippen molar-refractivity contribution in [2.45, 2.75) is 59.6 Å². The number of aromatic nitrogens is 2. The van der Waals surface area contributed by atoms with Gasteiger partial charge in [0.05, 0.1) is 15.7 Å². The SMILES string of the molecule is Cc1nn(C(C)(C)C)c(NC(=O)OC(C)(C)C)c1Br. The molecule has 108 valence electrons. The van der Waals surface area contributed by atoms with E-state index >= 15 is 0 Å². The van der Waals surface area contributed by atoms with Gasteiger partial charge in [-0.2, -0.15) is 5.10 Å². The number of nitrogens with zero attached hydrogens (tertiary/aromatic N) is 2. The van der Waals surface area contributed by atoms with Gasteiger partial charge in [0.1, 0.15) is 11.4 Å². The van der Waals surface area contributed by atoms with Crippen molar-refractivity contribution in [2.75, 3.05) is 5.32 Å². The zero-order chi connectivity index (χ0) is 15.0. The molecule has 0 aliphatic rings. The molecule has 1 N–H and O–H groups in total. The molecule has 1 aromatic rings. The molecule has 0 bridgehead atoms. The first-order chi connectivity index (χ1) is 8.42. The molecule has 0 aromatic carbocycles. The average molecular weight is 332 g/mol. The molecule has 0 radical (unpaired) electrons. The third kappa shape index (κ3) is 4.23. The fourth-order valence-electron chi connectivity index (χ4n) is 1.50. The van der Waals surface area contributed by atoms with Crippen molar-refractivity contribution in [1.29, 1.82) is 0 Å². The molecule has 0 atom stereocenters. The van der Waals surface area contributed by atoms with Gasteiger partial charge in [0.25, 0.3) is 0 Å². The van der Waals surface area contributed by atoms with Gasteiger partial charge in [-0.3, -0.25) is 5.32 Å². The molecule has 0 unspecified atom stereocenters. The molecule has 19 heavy (non-hydrogen) atoms. The van der Waals surface area contributed by atoms with E-state index < -0.39 is 11.7 Å². The summed E-state index contributed by atoms with van der Waals surface area (Å²) in [5, 5.41) is 7.19. The molecule has 5 nitrogen and oxygen atoms in total. The highest BCUT2D eigenvalue weighted by molar-refractivity contribution is 9.10. The van der Waals surface area contributed by atoms with Crippen LogP contribution in [0.2, 0.25) is 0 Å². The molecule has 0 aliphatic carbocycles. The quantitative estimate of drug-likeness (QED) is 0.844.